The van der Waals surface area contributed by atoms with E-state index in [9.17, 15) is 9.18 Å². The third-order valence-corrected chi connectivity index (χ3v) is 4.19. The Labute approximate surface area is 162 Å². The lowest BCUT2D eigenvalue weighted by Crippen LogP contribution is -2.35. The summed E-state index contributed by atoms with van der Waals surface area (Å²) in [4.78, 5) is 15.9. The number of amides is 1. The SMILES string of the molecule is CC(C)(C)NCc1c(-c2ccc(F)cc2)nc2cc(/C=C/C(=O)NO)ccn12. The van der Waals surface area contributed by atoms with Crippen molar-refractivity contribution in [1.29, 1.82) is 0 Å². The van der Waals surface area contributed by atoms with E-state index in [-0.39, 0.29) is 11.4 Å². The molecule has 0 aliphatic rings. The molecule has 3 N–H and O–H groups in total. The highest BCUT2D eigenvalue weighted by atomic mass is 19.1. The van der Waals surface area contributed by atoms with Gasteiger partial charge in [0.25, 0.3) is 5.91 Å². The van der Waals surface area contributed by atoms with Gasteiger partial charge in [-0.25, -0.2) is 14.9 Å². The molecule has 0 spiro atoms. The zero-order chi connectivity index (χ0) is 20.3. The summed E-state index contributed by atoms with van der Waals surface area (Å²) in [6, 6.07) is 9.96. The van der Waals surface area contributed by atoms with Gasteiger partial charge in [-0.2, -0.15) is 0 Å². The summed E-state index contributed by atoms with van der Waals surface area (Å²) in [6.45, 7) is 6.84. The number of rotatable bonds is 5. The van der Waals surface area contributed by atoms with E-state index in [1.165, 1.54) is 18.2 Å². The molecule has 1 amide bonds. The highest BCUT2D eigenvalue weighted by Gasteiger charge is 2.17. The molecule has 0 saturated carbocycles. The van der Waals surface area contributed by atoms with E-state index in [0.717, 1.165) is 22.5 Å². The normalized spacial score (nSPS) is 12.0. The van der Waals surface area contributed by atoms with E-state index in [1.807, 2.05) is 22.7 Å². The third kappa shape index (κ3) is 4.62. The molecule has 7 heteroatoms. The molecule has 0 saturated heterocycles. The van der Waals surface area contributed by atoms with Gasteiger partial charge in [-0.05, 0) is 68.8 Å². The summed E-state index contributed by atoms with van der Waals surface area (Å²) in [5.74, 6) is -0.901. The molecular formula is C21H23FN4O2. The predicted octanol–water partition coefficient (Wildman–Crippen LogP) is 3.55. The molecule has 3 aromatic rings. The number of pyridine rings is 1. The van der Waals surface area contributed by atoms with E-state index < -0.39 is 5.91 Å². The number of aromatic nitrogens is 2. The number of imidazole rings is 1. The zero-order valence-electron chi connectivity index (χ0n) is 16.0. The van der Waals surface area contributed by atoms with Crippen molar-refractivity contribution in [2.45, 2.75) is 32.9 Å². The molecule has 6 nitrogen and oxygen atoms in total. The van der Waals surface area contributed by atoms with E-state index in [2.05, 4.69) is 26.1 Å². The first-order valence-corrected chi connectivity index (χ1v) is 8.91. The minimum Gasteiger partial charge on any atom is -0.306 e. The van der Waals surface area contributed by atoms with E-state index in [0.29, 0.717) is 12.2 Å². The highest BCUT2D eigenvalue weighted by Crippen LogP contribution is 2.26. The largest absolute Gasteiger partial charge is 0.306 e. The Morgan fingerprint density at radius 3 is 2.61 bits per heavy atom. The Kier molecular flexibility index (Phi) is 5.58. The lowest BCUT2D eigenvalue weighted by molar-refractivity contribution is -0.124. The molecular weight excluding hydrogens is 359 g/mol. The number of benzene rings is 1. The predicted molar refractivity (Wildman–Crippen MR) is 106 cm³/mol. The van der Waals surface area contributed by atoms with Crippen LogP contribution in [0.2, 0.25) is 0 Å². The summed E-state index contributed by atoms with van der Waals surface area (Å²) in [5.41, 5.74) is 5.50. The Balaban J connectivity index is 2.07. The van der Waals surface area contributed by atoms with Gasteiger partial charge in [0.05, 0.1) is 11.4 Å². The van der Waals surface area contributed by atoms with Crippen LogP contribution in [0.25, 0.3) is 23.0 Å². The van der Waals surface area contributed by atoms with Crippen LogP contribution in [0.3, 0.4) is 0 Å². The zero-order valence-corrected chi connectivity index (χ0v) is 16.0. The number of hydrogen-bond acceptors (Lipinski definition) is 4. The number of fused-ring (bicyclic) bond motifs is 1. The summed E-state index contributed by atoms with van der Waals surface area (Å²) in [5, 5.41) is 12.1. The van der Waals surface area contributed by atoms with Crippen molar-refractivity contribution < 1.29 is 14.4 Å². The van der Waals surface area contributed by atoms with Crippen molar-refractivity contribution in [2.75, 3.05) is 0 Å². The van der Waals surface area contributed by atoms with E-state index in [4.69, 9.17) is 10.2 Å². The molecule has 1 aromatic carbocycles. The topological polar surface area (TPSA) is 78.7 Å². The first-order valence-electron chi connectivity index (χ1n) is 8.91. The minimum atomic E-state index is -0.606. The Bertz CT molecular complexity index is 1020. The van der Waals surface area contributed by atoms with Crippen LogP contribution >= 0.6 is 0 Å². The van der Waals surface area contributed by atoms with Gasteiger partial charge < -0.3 is 9.72 Å². The van der Waals surface area contributed by atoms with Crippen molar-refractivity contribution in [2.24, 2.45) is 0 Å². The second-order valence-electron chi connectivity index (χ2n) is 7.52. The molecule has 28 heavy (non-hydrogen) atoms. The maximum Gasteiger partial charge on any atom is 0.267 e. The van der Waals surface area contributed by atoms with Gasteiger partial charge in [0.1, 0.15) is 11.5 Å². The molecule has 2 heterocycles. The van der Waals surface area contributed by atoms with Crippen LogP contribution in [-0.4, -0.2) is 26.0 Å². The lowest BCUT2D eigenvalue weighted by atomic mass is 10.1. The van der Waals surface area contributed by atoms with Gasteiger partial charge in [0.15, 0.2) is 0 Å². The number of halogens is 1. The maximum atomic E-state index is 13.3. The number of hydroxylamine groups is 1. The van der Waals surface area contributed by atoms with Gasteiger partial charge in [0.2, 0.25) is 0 Å². The quantitative estimate of drug-likeness (QED) is 0.358. The smallest absolute Gasteiger partial charge is 0.267 e. The summed E-state index contributed by atoms with van der Waals surface area (Å²) in [6.07, 6.45) is 4.70. The second kappa shape index (κ2) is 7.92. The Morgan fingerprint density at radius 1 is 1.25 bits per heavy atom. The monoisotopic (exact) mass is 382 g/mol. The molecule has 0 radical (unpaired) electrons. The standard InChI is InChI=1S/C21H23FN4O2/c1-21(2,3)23-13-17-20(15-5-7-16(22)8-6-15)24-18-12-14(10-11-26(17)18)4-9-19(27)25-28/h4-12,23,28H,13H2,1-3H3,(H,25,27)/b9-4+. The number of carbonyl (C=O) groups is 1. The van der Waals surface area contributed by atoms with Crippen molar-refractivity contribution in [3.63, 3.8) is 0 Å². The van der Waals surface area contributed by atoms with Crippen LogP contribution in [0.4, 0.5) is 4.39 Å². The molecule has 0 atom stereocenters. The summed E-state index contributed by atoms with van der Waals surface area (Å²) in [7, 11) is 0. The fourth-order valence-electron chi connectivity index (χ4n) is 2.78. The van der Waals surface area contributed by atoms with Gasteiger partial charge >= 0.3 is 0 Å². The van der Waals surface area contributed by atoms with Gasteiger partial charge in [-0.1, -0.05) is 0 Å². The van der Waals surface area contributed by atoms with Crippen LogP contribution in [0.15, 0.2) is 48.7 Å². The maximum absolute atomic E-state index is 13.3. The Hall–Kier alpha value is -3.03. The van der Waals surface area contributed by atoms with E-state index >= 15 is 0 Å². The number of carbonyl (C=O) groups excluding carboxylic acids is 1. The van der Waals surface area contributed by atoms with Crippen molar-refractivity contribution >= 4 is 17.6 Å². The first-order chi connectivity index (χ1) is 13.3. The molecule has 0 fully saturated rings. The summed E-state index contributed by atoms with van der Waals surface area (Å²) < 4.78 is 15.3. The van der Waals surface area contributed by atoms with Crippen LogP contribution in [0.1, 0.15) is 32.0 Å². The fourth-order valence-corrected chi connectivity index (χ4v) is 2.78. The van der Waals surface area contributed by atoms with Crippen LogP contribution in [0, 0.1) is 5.82 Å². The molecule has 0 aliphatic heterocycles. The molecule has 2 aromatic heterocycles. The van der Waals surface area contributed by atoms with Gasteiger partial charge in [-0.15, -0.1) is 0 Å². The van der Waals surface area contributed by atoms with Crippen LogP contribution in [-0.2, 0) is 11.3 Å². The van der Waals surface area contributed by atoms with Crippen LogP contribution in [0.5, 0.6) is 0 Å². The first kappa shape index (κ1) is 19.7. The van der Waals surface area contributed by atoms with Gasteiger partial charge in [-0.3, -0.25) is 10.0 Å². The fraction of sp³-hybridized carbons (Fsp3) is 0.238. The second-order valence-corrected chi connectivity index (χ2v) is 7.52. The number of nitrogens with zero attached hydrogens (tertiary/aromatic N) is 2. The minimum absolute atomic E-state index is 0.0788. The molecule has 0 aliphatic carbocycles. The third-order valence-electron chi connectivity index (χ3n) is 4.19. The molecule has 3 rings (SSSR count). The van der Waals surface area contributed by atoms with Gasteiger partial charge in [0, 0.05) is 29.9 Å². The average Bonchev–Trinajstić information content (AvgIpc) is 3.02. The van der Waals surface area contributed by atoms with Crippen molar-refractivity contribution in [3.8, 4) is 11.3 Å². The lowest BCUT2D eigenvalue weighted by Gasteiger charge is -2.20. The molecule has 146 valence electrons. The highest BCUT2D eigenvalue weighted by molar-refractivity contribution is 5.91. The number of hydrogen-bond donors (Lipinski definition) is 3. The molecule has 0 unspecified atom stereocenters. The van der Waals surface area contributed by atoms with E-state index in [1.54, 1.807) is 23.7 Å². The van der Waals surface area contributed by atoms with Crippen molar-refractivity contribution in [3.05, 3.63) is 65.7 Å². The summed E-state index contributed by atoms with van der Waals surface area (Å²) >= 11 is 0. The van der Waals surface area contributed by atoms with Crippen molar-refractivity contribution in [1.82, 2.24) is 20.2 Å². The number of nitrogens with one attached hydrogen (secondary N) is 2. The molecule has 0 bridgehead atoms. The van der Waals surface area contributed by atoms with Crippen LogP contribution < -0.4 is 10.8 Å². The average molecular weight is 382 g/mol. The Morgan fingerprint density at radius 2 is 1.96 bits per heavy atom.